The Balaban J connectivity index is 2.00. The number of benzene rings is 3. The van der Waals surface area contributed by atoms with Crippen LogP contribution in [0.4, 0.5) is 5.69 Å². The van der Waals surface area contributed by atoms with E-state index in [1.807, 2.05) is 74.8 Å². The minimum atomic E-state index is 0.380. The zero-order valence-corrected chi connectivity index (χ0v) is 14.3. The first-order valence-corrected chi connectivity index (χ1v) is 8.57. The van der Waals surface area contributed by atoms with Crippen LogP contribution in [-0.4, -0.2) is 19.2 Å². The largest absolute Gasteiger partial charge is 0.507 e. The van der Waals surface area contributed by atoms with Crippen LogP contribution in [0.5, 0.6) is 5.75 Å². The lowest BCUT2D eigenvalue weighted by molar-refractivity contribution is 0.482. The van der Waals surface area contributed by atoms with Crippen LogP contribution in [0, 0.1) is 0 Å². The van der Waals surface area contributed by atoms with Crippen LogP contribution in [0.15, 0.2) is 72.8 Å². The van der Waals surface area contributed by atoms with Crippen molar-refractivity contribution in [1.82, 2.24) is 0 Å². The molecule has 3 heteroatoms. The van der Waals surface area contributed by atoms with Crippen LogP contribution in [0.3, 0.4) is 0 Å². The number of phenols is 1. The fraction of sp³-hybridized carbons (Fsp3) is 0.100. The summed E-state index contributed by atoms with van der Waals surface area (Å²) in [5, 5.41) is 12.9. The summed E-state index contributed by atoms with van der Waals surface area (Å²) in [6.45, 7) is 0. The molecule has 23 heavy (non-hydrogen) atoms. The van der Waals surface area contributed by atoms with Crippen molar-refractivity contribution >= 4 is 24.9 Å². The van der Waals surface area contributed by atoms with Crippen molar-refractivity contribution in [2.75, 3.05) is 19.0 Å². The molecule has 1 atom stereocenters. The molecule has 0 saturated heterocycles. The smallest absolute Gasteiger partial charge is 0.131 e. The van der Waals surface area contributed by atoms with Crippen LogP contribution in [0.1, 0.15) is 0 Å². The first-order valence-electron chi connectivity index (χ1n) is 7.57. The summed E-state index contributed by atoms with van der Waals surface area (Å²) in [6.07, 6.45) is 0. The molecule has 3 rings (SSSR count). The standard InChI is InChI=1S/C20H20NOP/c1-21(2)17-12-6-7-13-18(17)23-19-14-8-11-16(20(19)22)15-9-4-3-5-10-15/h3-14,22-23H,1-2H3. The maximum atomic E-state index is 10.7. The van der Waals surface area contributed by atoms with Crippen LogP contribution < -0.4 is 15.5 Å². The van der Waals surface area contributed by atoms with Gasteiger partial charge in [-0.2, -0.15) is 0 Å². The molecule has 0 radical (unpaired) electrons. The Morgan fingerprint density at radius 1 is 0.739 bits per heavy atom. The van der Waals surface area contributed by atoms with E-state index in [9.17, 15) is 5.11 Å². The Labute approximate surface area is 139 Å². The predicted molar refractivity (Wildman–Crippen MR) is 102 cm³/mol. The summed E-state index contributed by atoms with van der Waals surface area (Å²) >= 11 is 0. The Morgan fingerprint density at radius 3 is 2.13 bits per heavy atom. The van der Waals surface area contributed by atoms with E-state index in [-0.39, 0.29) is 0 Å². The lowest BCUT2D eigenvalue weighted by atomic mass is 10.1. The van der Waals surface area contributed by atoms with E-state index in [1.54, 1.807) is 0 Å². The van der Waals surface area contributed by atoms with Crippen molar-refractivity contribution in [1.29, 1.82) is 0 Å². The molecule has 3 aromatic rings. The topological polar surface area (TPSA) is 23.5 Å². The van der Waals surface area contributed by atoms with Gasteiger partial charge in [-0.15, -0.1) is 0 Å². The highest BCUT2D eigenvalue weighted by Crippen LogP contribution is 2.31. The van der Waals surface area contributed by atoms with Gasteiger partial charge < -0.3 is 10.0 Å². The zero-order chi connectivity index (χ0) is 16.2. The first kappa shape index (κ1) is 15.6. The van der Waals surface area contributed by atoms with Crippen molar-refractivity contribution in [3.63, 3.8) is 0 Å². The summed E-state index contributed by atoms with van der Waals surface area (Å²) in [6, 6.07) is 24.3. The average molecular weight is 321 g/mol. The van der Waals surface area contributed by atoms with E-state index in [1.165, 1.54) is 11.0 Å². The fourth-order valence-electron chi connectivity index (χ4n) is 2.61. The third-order valence-electron chi connectivity index (χ3n) is 3.78. The molecule has 116 valence electrons. The molecule has 0 spiro atoms. The second-order valence-corrected chi connectivity index (χ2v) is 6.93. The van der Waals surface area contributed by atoms with Gasteiger partial charge in [-0.1, -0.05) is 75.3 Å². The summed E-state index contributed by atoms with van der Waals surface area (Å²) < 4.78 is 0. The summed E-state index contributed by atoms with van der Waals surface area (Å²) in [7, 11) is 4.51. The molecule has 0 amide bonds. The van der Waals surface area contributed by atoms with Crippen molar-refractivity contribution in [2.24, 2.45) is 0 Å². The van der Waals surface area contributed by atoms with Gasteiger partial charge in [0.25, 0.3) is 0 Å². The number of hydrogen-bond acceptors (Lipinski definition) is 2. The van der Waals surface area contributed by atoms with Crippen LogP contribution in [0.25, 0.3) is 11.1 Å². The van der Waals surface area contributed by atoms with E-state index >= 15 is 0 Å². The number of rotatable bonds is 4. The zero-order valence-electron chi connectivity index (χ0n) is 13.3. The molecule has 0 aliphatic heterocycles. The summed E-state index contributed by atoms with van der Waals surface area (Å²) in [4.78, 5) is 2.11. The maximum Gasteiger partial charge on any atom is 0.131 e. The Morgan fingerprint density at radius 2 is 1.39 bits per heavy atom. The number of hydrogen-bond donors (Lipinski definition) is 1. The van der Waals surface area contributed by atoms with Crippen molar-refractivity contribution in [2.45, 2.75) is 0 Å². The molecular formula is C20H20NOP. The third kappa shape index (κ3) is 3.38. The lowest BCUT2D eigenvalue weighted by Crippen LogP contribution is -2.17. The molecule has 0 heterocycles. The number of phenolic OH excluding ortho intramolecular Hbond substituents is 1. The van der Waals surface area contributed by atoms with Gasteiger partial charge in [0, 0.05) is 36.0 Å². The number of nitrogens with zero attached hydrogens (tertiary/aromatic N) is 1. The Bertz CT molecular complexity index is 800. The van der Waals surface area contributed by atoms with Crippen molar-refractivity contribution < 1.29 is 5.11 Å². The highest BCUT2D eigenvalue weighted by atomic mass is 31.1. The van der Waals surface area contributed by atoms with Gasteiger partial charge in [0.15, 0.2) is 0 Å². The third-order valence-corrected chi connectivity index (χ3v) is 5.14. The fourth-order valence-corrected chi connectivity index (χ4v) is 3.95. The normalized spacial score (nSPS) is 11.0. The minimum absolute atomic E-state index is 0.380. The number of aromatic hydroxyl groups is 1. The summed E-state index contributed by atoms with van der Waals surface area (Å²) in [5.41, 5.74) is 3.12. The average Bonchev–Trinajstić information content (AvgIpc) is 2.58. The van der Waals surface area contributed by atoms with E-state index in [4.69, 9.17) is 0 Å². The molecule has 0 aromatic heterocycles. The quantitative estimate of drug-likeness (QED) is 0.740. The minimum Gasteiger partial charge on any atom is -0.507 e. The lowest BCUT2D eigenvalue weighted by Gasteiger charge is -2.18. The number of anilines is 1. The van der Waals surface area contributed by atoms with Crippen molar-refractivity contribution in [3.05, 3.63) is 72.8 Å². The van der Waals surface area contributed by atoms with Crippen LogP contribution in [-0.2, 0) is 0 Å². The molecule has 0 aliphatic rings. The second-order valence-electron chi connectivity index (χ2n) is 5.60. The molecule has 1 unspecified atom stereocenters. The second kappa shape index (κ2) is 6.85. The molecule has 2 nitrogen and oxygen atoms in total. The maximum absolute atomic E-state index is 10.7. The summed E-state index contributed by atoms with van der Waals surface area (Å²) in [5.74, 6) is 0.380. The predicted octanol–water partition coefficient (Wildman–Crippen LogP) is 3.75. The molecular weight excluding hydrogens is 301 g/mol. The van der Waals surface area contributed by atoms with Gasteiger partial charge in [-0.25, -0.2) is 0 Å². The van der Waals surface area contributed by atoms with Gasteiger partial charge in [-0.05, 0) is 11.6 Å². The Kier molecular flexibility index (Phi) is 4.64. The molecule has 0 fully saturated rings. The van der Waals surface area contributed by atoms with Crippen molar-refractivity contribution in [3.8, 4) is 16.9 Å². The van der Waals surface area contributed by atoms with E-state index < -0.39 is 0 Å². The molecule has 0 bridgehead atoms. The Hall–Kier alpha value is -2.31. The first-order chi connectivity index (χ1) is 11.2. The van der Waals surface area contributed by atoms with Gasteiger partial charge in [0.05, 0.1) is 0 Å². The van der Waals surface area contributed by atoms with Gasteiger partial charge in [0.2, 0.25) is 0 Å². The van der Waals surface area contributed by atoms with Crippen LogP contribution >= 0.6 is 8.58 Å². The van der Waals surface area contributed by atoms with E-state index in [0.717, 1.165) is 16.4 Å². The van der Waals surface area contributed by atoms with E-state index in [0.29, 0.717) is 14.3 Å². The van der Waals surface area contributed by atoms with Crippen LogP contribution in [0.2, 0.25) is 0 Å². The SMILES string of the molecule is CN(C)c1ccccc1Pc1cccc(-c2ccccc2)c1O. The molecule has 1 N–H and O–H groups in total. The molecule has 0 saturated carbocycles. The van der Waals surface area contributed by atoms with E-state index in [2.05, 4.69) is 17.0 Å². The molecule has 3 aromatic carbocycles. The highest BCUT2D eigenvalue weighted by molar-refractivity contribution is 7.56. The van der Waals surface area contributed by atoms with Gasteiger partial charge in [0.1, 0.15) is 5.75 Å². The monoisotopic (exact) mass is 321 g/mol. The highest BCUT2D eigenvalue weighted by Gasteiger charge is 2.11. The van der Waals surface area contributed by atoms with Gasteiger partial charge >= 0.3 is 0 Å². The number of para-hydroxylation sites is 2. The van der Waals surface area contributed by atoms with Gasteiger partial charge in [-0.3, -0.25) is 0 Å². The molecule has 0 aliphatic carbocycles.